The molecule has 2 aromatic carbocycles. The number of aliphatic hydroxyl groups is 1. The second-order valence-corrected chi connectivity index (χ2v) is 5.37. The van der Waals surface area contributed by atoms with Gasteiger partial charge >= 0.3 is 0 Å². The van der Waals surface area contributed by atoms with Gasteiger partial charge in [0.05, 0.1) is 24.8 Å². The van der Waals surface area contributed by atoms with Gasteiger partial charge in [-0.05, 0) is 40.5 Å². The second-order valence-electron chi connectivity index (χ2n) is 4.52. The van der Waals surface area contributed by atoms with Crippen LogP contribution in [0.5, 0.6) is 23.0 Å². The van der Waals surface area contributed by atoms with Gasteiger partial charge in [0, 0.05) is 18.2 Å². The molecule has 21 heavy (non-hydrogen) atoms. The van der Waals surface area contributed by atoms with Crippen LogP contribution in [-0.2, 0) is 0 Å². The van der Waals surface area contributed by atoms with Crippen molar-refractivity contribution in [2.45, 2.75) is 13.0 Å². The number of ether oxygens (including phenoxy) is 3. The summed E-state index contributed by atoms with van der Waals surface area (Å²) in [5.74, 6) is 2.56. The number of hydrogen-bond acceptors (Lipinski definition) is 4. The molecule has 0 saturated heterocycles. The zero-order valence-corrected chi connectivity index (χ0v) is 13.7. The third-order valence-electron chi connectivity index (χ3n) is 2.99. The molecular weight excluding hydrogens is 336 g/mol. The lowest BCUT2D eigenvalue weighted by Crippen LogP contribution is -1.93. The van der Waals surface area contributed by atoms with E-state index in [9.17, 15) is 5.11 Å². The molecule has 0 heterocycles. The van der Waals surface area contributed by atoms with Crippen molar-refractivity contribution in [3.05, 3.63) is 46.4 Å². The van der Waals surface area contributed by atoms with Gasteiger partial charge in [-0.25, -0.2) is 0 Å². The van der Waals surface area contributed by atoms with Gasteiger partial charge in [-0.2, -0.15) is 0 Å². The number of aliphatic hydroxyl groups excluding tert-OH is 1. The van der Waals surface area contributed by atoms with Crippen LogP contribution in [0, 0.1) is 0 Å². The average molecular weight is 353 g/mol. The molecule has 2 rings (SSSR count). The Morgan fingerprint density at radius 2 is 1.52 bits per heavy atom. The molecule has 0 saturated carbocycles. The zero-order chi connectivity index (χ0) is 15.4. The van der Waals surface area contributed by atoms with Gasteiger partial charge in [-0.15, -0.1) is 0 Å². The zero-order valence-electron chi connectivity index (χ0n) is 12.1. The van der Waals surface area contributed by atoms with Crippen LogP contribution in [0.1, 0.15) is 18.6 Å². The van der Waals surface area contributed by atoms with Crippen molar-refractivity contribution in [3.8, 4) is 23.0 Å². The largest absolute Gasteiger partial charge is 0.496 e. The van der Waals surface area contributed by atoms with E-state index in [-0.39, 0.29) is 0 Å². The predicted octanol–water partition coefficient (Wildman–Crippen LogP) is 4.31. The highest BCUT2D eigenvalue weighted by molar-refractivity contribution is 9.10. The summed E-state index contributed by atoms with van der Waals surface area (Å²) >= 11 is 3.45. The maximum absolute atomic E-state index is 9.57. The third-order valence-corrected chi connectivity index (χ3v) is 3.61. The highest BCUT2D eigenvalue weighted by Gasteiger charge is 2.09. The second kappa shape index (κ2) is 6.83. The summed E-state index contributed by atoms with van der Waals surface area (Å²) in [5, 5.41) is 9.57. The van der Waals surface area contributed by atoms with Crippen LogP contribution in [0.25, 0.3) is 0 Å². The molecule has 0 bridgehead atoms. The monoisotopic (exact) mass is 352 g/mol. The Morgan fingerprint density at radius 3 is 2.00 bits per heavy atom. The minimum atomic E-state index is -0.521. The highest BCUT2D eigenvalue weighted by atomic mass is 79.9. The van der Waals surface area contributed by atoms with Crippen LogP contribution in [-0.4, -0.2) is 19.3 Å². The van der Waals surface area contributed by atoms with E-state index in [4.69, 9.17) is 14.2 Å². The van der Waals surface area contributed by atoms with Crippen molar-refractivity contribution in [1.29, 1.82) is 0 Å². The standard InChI is InChI=1S/C16H17BrO4/c1-10(18)11-4-5-16(15(17)6-11)21-14-8-12(19-2)7-13(9-14)20-3/h4-10,18H,1-3H3/t10-/m0/s1. The lowest BCUT2D eigenvalue weighted by molar-refractivity contribution is 0.199. The number of rotatable bonds is 5. The molecule has 2 aromatic rings. The van der Waals surface area contributed by atoms with E-state index < -0.39 is 6.10 Å². The SMILES string of the molecule is COc1cc(OC)cc(Oc2ccc([C@H](C)O)cc2Br)c1. The van der Waals surface area contributed by atoms with Crippen molar-refractivity contribution in [1.82, 2.24) is 0 Å². The van der Waals surface area contributed by atoms with E-state index in [2.05, 4.69) is 15.9 Å². The van der Waals surface area contributed by atoms with E-state index in [1.807, 2.05) is 12.1 Å². The summed E-state index contributed by atoms with van der Waals surface area (Å²) < 4.78 is 17.0. The molecule has 0 radical (unpaired) electrons. The van der Waals surface area contributed by atoms with Crippen LogP contribution >= 0.6 is 15.9 Å². The first kappa shape index (κ1) is 15.7. The quantitative estimate of drug-likeness (QED) is 0.870. The summed E-state index contributed by atoms with van der Waals surface area (Å²) in [4.78, 5) is 0. The van der Waals surface area contributed by atoms with Gasteiger partial charge < -0.3 is 19.3 Å². The first-order valence-corrected chi connectivity index (χ1v) is 7.21. The molecule has 5 heteroatoms. The average Bonchev–Trinajstić information content (AvgIpc) is 2.48. The van der Waals surface area contributed by atoms with Crippen LogP contribution in [0.3, 0.4) is 0 Å². The first-order valence-electron chi connectivity index (χ1n) is 6.42. The fraction of sp³-hybridized carbons (Fsp3) is 0.250. The molecule has 0 fully saturated rings. The van der Waals surface area contributed by atoms with Gasteiger partial charge in [-0.1, -0.05) is 6.07 Å². The summed E-state index contributed by atoms with van der Waals surface area (Å²) in [7, 11) is 3.18. The molecule has 1 N–H and O–H groups in total. The number of methoxy groups -OCH3 is 2. The van der Waals surface area contributed by atoms with Crippen LogP contribution in [0.15, 0.2) is 40.9 Å². The van der Waals surface area contributed by atoms with Gasteiger partial charge in [-0.3, -0.25) is 0 Å². The molecule has 112 valence electrons. The molecule has 0 amide bonds. The van der Waals surface area contributed by atoms with Crippen LogP contribution in [0.4, 0.5) is 0 Å². The normalized spacial score (nSPS) is 11.9. The molecule has 0 aromatic heterocycles. The molecular formula is C16H17BrO4. The van der Waals surface area contributed by atoms with Crippen molar-refractivity contribution in [2.75, 3.05) is 14.2 Å². The van der Waals surface area contributed by atoms with Crippen molar-refractivity contribution in [3.63, 3.8) is 0 Å². The Morgan fingerprint density at radius 1 is 0.952 bits per heavy atom. The van der Waals surface area contributed by atoms with Gasteiger partial charge in [0.25, 0.3) is 0 Å². The Labute approximate surface area is 132 Å². The van der Waals surface area contributed by atoms with Crippen LogP contribution in [0.2, 0.25) is 0 Å². The lowest BCUT2D eigenvalue weighted by Gasteiger charge is -2.12. The number of hydrogen-bond donors (Lipinski definition) is 1. The minimum absolute atomic E-state index is 0.521. The third kappa shape index (κ3) is 3.89. The molecule has 0 spiro atoms. The molecule has 0 unspecified atom stereocenters. The Hall–Kier alpha value is -1.72. The van der Waals surface area contributed by atoms with Gasteiger partial charge in [0.15, 0.2) is 0 Å². The summed E-state index contributed by atoms with van der Waals surface area (Å²) in [6, 6.07) is 10.8. The van der Waals surface area contributed by atoms with Crippen molar-refractivity contribution >= 4 is 15.9 Å². The predicted molar refractivity (Wildman–Crippen MR) is 84.4 cm³/mol. The Balaban J connectivity index is 2.29. The fourth-order valence-corrected chi connectivity index (χ4v) is 2.30. The van der Waals surface area contributed by atoms with Crippen molar-refractivity contribution < 1.29 is 19.3 Å². The molecule has 0 aliphatic heterocycles. The van der Waals surface area contributed by atoms with E-state index in [0.29, 0.717) is 23.0 Å². The Kier molecular flexibility index (Phi) is 5.09. The molecule has 0 aliphatic carbocycles. The van der Waals surface area contributed by atoms with Crippen molar-refractivity contribution in [2.24, 2.45) is 0 Å². The first-order chi connectivity index (χ1) is 10.0. The fourth-order valence-electron chi connectivity index (χ4n) is 1.83. The van der Waals surface area contributed by atoms with E-state index >= 15 is 0 Å². The number of halogens is 1. The maximum atomic E-state index is 9.57. The minimum Gasteiger partial charge on any atom is -0.496 e. The Bertz CT molecular complexity index is 603. The molecule has 0 aliphatic rings. The van der Waals surface area contributed by atoms with E-state index in [1.165, 1.54) is 0 Å². The number of benzene rings is 2. The highest BCUT2D eigenvalue weighted by Crippen LogP contribution is 2.35. The summed E-state index contributed by atoms with van der Waals surface area (Å²) in [5.41, 5.74) is 0.817. The molecule has 1 atom stereocenters. The van der Waals surface area contributed by atoms with Gasteiger partial charge in [0.2, 0.25) is 0 Å². The topological polar surface area (TPSA) is 47.9 Å². The summed E-state index contributed by atoms with van der Waals surface area (Å²) in [6.45, 7) is 1.72. The van der Waals surface area contributed by atoms with Gasteiger partial charge in [0.1, 0.15) is 23.0 Å². The van der Waals surface area contributed by atoms with E-state index in [0.717, 1.165) is 10.0 Å². The molecule has 4 nitrogen and oxygen atoms in total. The maximum Gasteiger partial charge on any atom is 0.141 e. The lowest BCUT2D eigenvalue weighted by atomic mass is 10.1. The summed E-state index contributed by atoms with van der Waals surface area (Å²) in [6.07, 6.45) is -0.521. The van der Waals surface area contributed by atoms with Crippen LogP contribution < -0.4 is 14.2 Å². The smallest absolute Gasteiger partial charge is 0.141 e. The van der Waals surface area contributed by atoms with E-state index in [1.54, 1.807) is 45.4 Å².